The molecule has 3 aliphatic rings. The van der Waals surface area contributed by atoms with Gasteiger partial charge in [0.25, 0.3) is 0 Å². The number of rotatable bonds is 10. The van der Waals surface area contributed by atoms with Crippen molar-refractivity contribution in [1.29, 1.82) is 0 Å². The maximum atomic E-state index is 13.8. The van der Waals surface area contributed by atoms with Crippen molar-refractivity contribution in [2.24, 2.45) is 0 Å². The number of hydroxylamine groups is 1. The number of anilines is 5. The molecule has 12 heteroatoms. The number of benzene rings is 2. The standard InChI is InChI=1S/C31H35F2N7O3/c1-3-31(41)37-25-16-26(28(42-2)17-27(25)39-9-7-38(8-10-39)23-4-5-23)36-29-18-30(35-19-34-29)40-24(6-11-43-40)14-20-12-21(32)15-22(33)13-20/h3,12-13,15-19,23-24H,1,4-11,14H2,2H3,(H,37,41)(H,34,35,36). The molecule has 2 N–H and O–H groups in total. The van der Waals surface area contributed by atoms with Gasteiger partial charge in [-0.25, -0.2) is 23.8 Å². The van der Waals surface area contributed by atoms with Gasteiger partial charge in [0.1, 0.15) is 29.5 Å². The average molecular weight is 592 g/mol. The van der Waals surface area contributed by atoms with Gasteiger partial charge < -0.3 is 20.3 Å². The summed E-state index contributed by atoms with van der Waals surface area (Å²) < 4.78 is 33.3. The molecule has 43 heavy (non-hydrogen) atoms. The van der Waals surface area contributed by atoms with Crippen LogP contribution in [0.25, 0.3) is 0 Å². The summed E-state index contributed by atoms with van der Waals surface area (Å²) in [4.78, 5) is 31.8. The number of hydrogen-bond acceptors (Lipinski definition) is 9. The van der Waals surface area contributed by atoms with E-state index in [0.717, 1.165) is 37.9 Å². The highest BCUT2D eigenvalue weighted by atomic mass is 19.1. The molecule has 2 aliphatic heterocycles. The Morgan fingerprint density at radius 3 is 2.51 bits per heavy atom. The van der Waals surface area contributed by atoms with Crippen molar-refractivity contribution in [3.05, 3.63) is 72.6 Å². The van der Waals surface area contributed by atoms with E-state index in [4.69, 9.17) is 9.57 Å². The number of aromatic nitrogens is 2. The number of carbonyl (C=O) groups is 1. The first kappa shape index (κ1) is 28.8. The summed E-state index contributed by atoms with van der Waals surface area (Å²) >= 11 is 0. The first-order valence-electron chi connectivity index (χ1n) is 14.5. The van der Waals surface area contributed by atoms with Gasteiger partial charge in [0.2, 0.25) is 5.91 Å². The zero-order chi connectivity index (χ0) is 29.9. The molecule has 2 aromatic carbocycles. The molecule has 10 nitrogen and oxygen atoms in total. The van der Waals surface area contributed by atoms with Crippen molar-refractivity contribution < 1.29 is 23.1 Å². The van der Waals surface area contributed by atoms with Crippen LogP contribution in [0.5, 0.6) is 5.75 Å². The Kier molecular flexibility index (Phi) is 8.39. The van der Waals surface area contributed by atoms with E-state index < -0.39 is 11.6 Å². The fourth-order valence-electron chi connectivity index (χ4n) is 5.77. The van der Waals surface area contributed by atoms with E-state index in [2.05, 4.69) is 37.0 Å². The van der Waals surface area contributed by atoms with Crippen LogP contribution in [0, 0.1) is 11.6 Å². The van der Waals surface area contributed by atoms with E-state index in [1.54, 1.807) is 18.2 Å². The molecule has 1 aromatic heterocycles. The molecule has 6 rings (SSSR count). The zero-order valence-corrected chi connectivity index (χ0v) is 24.1. The summed E-state index contributed by atoms with van der Waals surface area (Å²) in [5.74, 6) is 0.0205. The van der Waals surface area contributed by atoms with Crippen molar-refractivity contribution in [2.45, 2.75) is 37.8 Å². The van der Waals surface area contributed by atoms with Crippen molar-refractivity contribution in [3.63, 3.8) is 0 Å². The lowest BCUT2D eigenvalue weighted by atomic mass is 10.0. The monoisotopic (exact) mass is 591 g/mol. The van der Waals surface area contributed by atoms with Crippen LogP contribution in [0.15, 0.2) is 55.4 Å². The molecule has 3 aromatic rings. The SMILES string of the molecule is C=CC(=O)Nc1cc(Nc2cc(N3OCCC3Cc3cc(F)cc(F)c3)ncn2)c(OC)cc1N1CCN(C2CC2)CC1. The lowest BCUT2D eigenvalue weighted by Gasteiger charge is -2.37. The van der Waals surface area contributed by atoms with Gasteiger partial charge in [-0.2, -0.15) is 0 Å². The third-order valence-electron chi connectivity index (χ3n) is 8.03. The van der Waals surface area contributed by atoms with Crippen LogP contribution in [0.4, 0.5) is 37.5 Å². The first-order chi connectivity index (χ1) is 20.9. The fraction of sp³-hybridized carbons (Fsp3) is 0.387. The highest BCUT2D eigenvalue weighted by Gasteiger charge is 2.32. The molecule has 0 bridgehead atoms. The van der Waals surface area contributed by atoms with Crippen LogP contribution in [0.2, 0.25) is 0 Å². The summed E-state index contributed by atoms with van der Waals surface area (Å²) in [6.07, 6.45) is 6.26. The van der Waals surface area contributed by atoms with E-state index in [9.17, 15) is 13.6 Å². The minimum atomic E-state index is -0.613. The number of amides is 1. The summed E-state index contributed by atoms with van der Waals surface area (Å²) in [6, 6.07) is 9.56. The van der Waals surface area contributed by atoms with Gasteiger partial charge in [-0.3, -0.25) is 14.5 Å². The molecule has 1 aliphatic carbocycles. The number of hydrogen-bond donors (Lipinski definition) is 2. The number of nitrogens with zero attached hydrogens (tertiary/aromatic N) is 5. The van der Waals surface area contributed by atoms with E-state index >= 15 is 0 Å². The van der Waals surface area contributed by atoms with Crippen molar-refractivity contribution in [2.75, 3.05) is 60.5 Å². The average Bonchev–Trinajstić information content (AvgIpc) is 3.75. The summed E-state index contributed by atoms with van der Waals surface area (Å²) in [6.45, 7) is 7.69. The highest BCUT2D eigenvalue weighted by Crippen LogP contribution is 2.40. The minimum absolute atomic E-state index is 0.168. The van der Waals surface area contributed by atoms with Gasteiger partial charge >= 0.3 is 0 Å². The molecule has 1 unspecified atom stereocenters. The molecule has 1 atom stereocenters. The lowest BCUT2D eigenvalue weighted by Crippen LogP contribution is -2.47. The fourth-order valence-corrected chi connectivity index (χ4v) is 5.77. The molecular formula is C31H35F2N7O3. The van der Waals surface area contributed by atoms with Gasteiger partial charge in [0, 0.05) is 50.4 Å². The molecule has 226 valence electrons. The number of methoxy groups -OCH3 is 1. The Morgan fingerprint density at radius 2 is 1.81 bits per heavy atom. The predicted molar refractivity (Wildman–Crippen MR) is 161 cm³/mol. The Morgan fingerprint density at radius 1 is 1.05 bits per heavy atom. The predicted octanol–water partition coefficient (Wildman–Crippen LogP) is 4.67. The second-order valence-corrected chi connectivity index (χ2v) is 11.0. The molecule has 2 saturated heterocycles. The second kappa shape index (κ2) is 12.5. The number of nitrogens with one attached hydrogen (secondary N) is 2. The van der Waals surface area contributed by atoms with Gasteiger partial charge in [-0.15, -0.1) is 0 Å². The van der Waals surface area contributed by atoms with E-state index in [1.807, 2.05) is 12.1 Å². The van der Waals surface area contributed by atoms with Crippen molar-refractivity contribution in [1.82, 2.24) is 14.9 Å². The molecular weight excluding hydrogens is 556 g/mol. The zero-order valence-electron chi connectivity index (χ0n) is 24.1. The molecule has 1 amide bonds. The summed E-state index contributed by atoms with van der Waals surface area (Å²) in [5.41, 5.74) is 2.64. The third kappa shape index (κ3) is 6.70. The number of piperazine rings is 1. The largest absolute Gasteiger partial charge is 0.494 e. The Hall–Kier alpha value is -4.29. The number of carbonyl (C=O) groups excluding carboxylic acids is 1. The second-order valence-electron chi connectivity index (χ2n) is 11.0. The van der Waals surface area contributed by atoms with E-state index in [1.165, 1.54) is 37.4 Å². The van der Waals surface area contributed by atoms with Crippen LogP contribution < -0.4 is 25.3 Å². The minimum Gasteiger partial charge on any atom is -0.494 e. The van der Waals surface area contributed by atoms with Crippen LogP contribution >= 0.6 is 0 Å². The van der Waals surface area contributed by atoms with Crippen molar-refractivity contribution in [3.8, 4) is 5.75 Å². The third-order valence-corrected chi connectivity index (χ3v) is 8.03. The van der Waals surface area contributed by atoms with Crippen LogP contribution in [0.3, 0.4) is 0 Å². The van der Waals surface area contributed by atoms with Gasteiger partial charge in [-0.05, 0) is 55.5 Å². The molecule has 3 fully saturated rings. The lowest BCUT2D eigenvalue weighted by molar-refractivity contribution is -0.111. The molecule has 1 saturated carbocycles. The quantitative estimate of drug-likeness (QED) is 0.326. The molecule has 3 heterocycles. The summed E-state index contributed by atoms with van der Waals surface area (Å²) in [7, 11) is 1.60. The Balaban J connectivity index is 1.23. The van der Waals surface area contributed by atoms with Gasteiger partial charge in [0.05, 0.1) is 36.8 Å². The van der Waals surface area contributed by atoms with Gasteiger partial charge in [-0.1, -0.05) is 6.58 Å². The Labute approximate surface area is 249 Å². The van der Waals surface area contributed by atoms with Crippen LogP contribution in [-0.4, -0.2) is 72.8 Å². The first-order valence-corrected chi connectivity index (χ1v) is 14.5. The molecule has 0 radical (unpaired) electrons. The maximum Gasteiger partial charge on any atom is 0.247 e. The number of ether oxygens (including phenoxy) is 1. The Bertz CT molecular complexity index is 1470. The highest BCUT2D eigenvalue weighted by molar-refractivity contribution is 6.02. The smallest absolute Gasteiger partial charge is 0.247 e. The normalized spacial score (nSPS) is 18.9. The van der Waals surface area contributed by atoms with Crippen LogP contribution in [-0.2, 0) is 16.1 Å². The molecule has 0 spiro atoms. The topological polar surface area (TPSA) is 95.1 Å². The van der Waals surface area contributed by atoms with Crippen molar-refractivity contribution >= 4 is 34.6 Å². The van der Waals surface area contributed by atoms with Gasteiger partial charge in [0.15, 0.2) is 5.82 Å². The van der Waals surface area contributed by atoms with E-state index in [0.29, 0.717) is 59.8 Å². The van der Waals surface area contributed by atoms with E-state index in [-0.39, 0.29) is 11.9 Å². The van der Waals surface area contributed by atoms with Crippen LogP contribution in [0.1, 0.15) is 24.8 Å². The number of halogens is 2. The maximum absolute atomic E-state index is 13.8. The summed E-state index contributed by atoms with van der Waals surface area (Å²) in [5, 5.41) is 7.91.